The van der Waals surface area contributed by atoms with Gasteiger partial charge in [0.05, 0.1) is 11.2 Å². The number of nitrogens with two attached hydrogens (primary N) is 1. The van der Waals surface area contributed by atoms with Gasteiger partial charge in [-0.05, 0) is 18.5 Å². The lowest BCUT2D eigenvalue weighted by atomic mass is 10.2. The van der Waals surface area contributed by atoms with Crippen LogP contribution in [0.5, 0.6) is 0 Å². The maximum absolute atomic E-state index is 5.35. The summed E-state index contributed by atoms with van der Waals surface area (Å²) in [5.74, 6) is 0. The SMILES string of the molecule is C=C(CCN)c1cscn1. The maximum atomic E-state index is 5.35. The summed E-state index contributed by atoms with van der Waals surface area (Å²) in [4.78, 5) is 4.10. The van der Waals surface area contributed by atoms with E-state index in [9.17, 15) is 0 Å². The number of thiazole rings is 1. The zero-order chi connectivity index (χ0) is 7.40. The summed E-state index contributed by atoms with van der Waals surface area (Å²) in [5.41, 5.74) is 9.17. The molecule has 2 nitrogen and oxygen atoms in total. The van der Waals surface area contributed by atoms with Gasteiger partial charge in [-0.2, -0.15) is 0 Å². The average molecular weight is 154 g/mol. The third-order valence-electron chi connectivity index (χ3n) is 1.24. The Morgan fingerprint density at radius 3 is 3.10 bits per heavy atom. The third kappa shape index (κ3) is 1.65. The van der Waals surface area contributed by atoms with E-state index >= 15 is 0 Å². The molecule has 2 N–H and O–H groups in total. The van der Waals surface area contributed by atoms with Crippen molar-refractivity contribution in [2.45, 2.75) is 6.42 Å². The summed E-state index contributed by atoms with van der Waals surface area (Å²) < 4.78 is 0. The van der Waals surface area contributed by atoms with Gasteiger partial charge in [-0.3, -0.25) is 0 Å². The molecule has 0 saturated heterocycles. The van der Waals surface area contributed by atoms with Crippen LogP contribution in [0, 0.1) is 0 Å². The Labute approximate surface area is 64.4 Å². The fraction of sp³-hybridized carbons (Fsp3) is 0.286. The van der Waals surface area contributed by atoms with E-state index in [-0.39, 0.29) is 0 Å². The second-order valence-corrected chi connectivity index (χ2v) is 2.73. The minimum absolute atomic E-state index is 0.649. The Morgan fingerprint density at radius 1 is 1.80 bits per heavy atom. The molecule has 0 atom stereocenters. The molecule has 0 aliphatic heterocycles. The first-order valence-corrected chi connectivity index (χ1v) is 4.05. The van der Waals surface area contributed by atoms with Gasteiger partial charge in [0, 0.05) is 5.38 Å². The summed E-state index contributed by atoms with van der Waals surface area (Å²) in [6, 6.07) is 0. The van der Waals surface area contributed by atoms with Crippen LogP contribution in [0.15, 0.2) is 17.5 Å². The van der Waals surface area contributed by atoms with Crippen molar-refractivity contribution in [3.8, 4) is 0 Å². The zero-order valence-corrected chi connectivity index (χ0v) is 6.53. The Morgan fingerprint density at radius 2 is 2.60 bits per heavy atom. The van der Waals surface area contributed by atoms with Crippen LogP contribution in [0.2, 0.25) is 0 Å². The molecular weight excluding hydrogens is 144 g/mol. The van der Waals surface area contributed by atoms with Gasteiger partial charge in [0.15, 0.2) is 0 Å². The monoisotopic (exact) mass is 154 g/mol. The van der Waals surface area contributed by atoms with Crippen molar-refractivity contribution in [2.24, 2.45) is 5.73 Å². The number of hydrogen-bond donors (Lipinski definition) is 1. The van der Waals surface area contributed by atoms with Crippen molar-refractivity contribution in [1.29, 1.82) is 0 Å². The molecular formula is C7H10N2S. The molecule has 1 aromatic rings. The number of nitrogens with zero attached hydrogens (tertiary/aromatic N) is 1. The predicted octanol–water partition coefficient (Wildman–Crippen LogP) is 1.51. The summed E-state index contributed by atoms with van der Waals surface area (Å²) in [5, 5.41) is 1.98. The average Bonchev–Trinajstić information content (AvgIpc) is 2.38. The minimum atomic E-state index is 0.649. The van der Waals surface area contributed by atoms with Gasteiger partial charge in [0.25, 0.3) is 0 Å². The van der Waals surface area contributed by atoms with Crippen molar-refractivity contribution < 1.29 is 0 Å². The molecule has 54 valence electrons. The standard InChI is InChI=1S/C7H10N2S/c1-6(2-3-8)7-4-10-5-9-7/h4-5H,1-3,8H2. The molecule has 3 heteroatoms. The van der Waals surface area contributed by atoms with Crippen LogP contribution >= 0.6 is 11.3 Å². The predicted molar refractivity (Wildman–Crippen MR) is 44.8 cm³/mol. The van der Waals surface area contributed by atoms with Crippen LogP contribution in [0.25, 0.3) is 5.57 Å². The summed E-state index contributed by atoms with van der Waals surface area (Å²) >= 11 is 1.58. The molecule has 1 rings (SSSR count). The van der Waals surface area contributed by atoms with E-state index in [0.717, 1.165) is 17.7 Å². The maximum Gasteiger partial charge on any atom is 0.0798 e. The first-order chi connectivity index (χ1) is 4.84. The van der Waals surface area contributed by atoms with Gasteiger partial charge in [-0.15, -0.1) is 11.3 Å². The second kappa shape index (κ2) is 3.49. The van der Waals surface area contributed by atoms with Gasteiger partial charge in [-0.1, -0.05) is 6.58 Å². The molecule has 0 aliphatic carbocycles. The van der Waals surface area contributed by atoms with Crippen molar-refractivity contribution in [1.82, 2.24) is 4.98 Å². The lowest BCUT2D eigenvalue weighted by molar-refractivity contribution is 1.02. The minimum Gasteiger partial charge on any atom is -0.330 e. The van der Waals surface area contributed by atoms with Crippen molar-refractivity contribution in [3.05, 3.63) is 23.2 Å². The highest BCUT2D eigenvalue weighted by atomic mass is 32.1. The van der Waals surface area contributed by atoms with Crippen molar-refractivity contribution in [2.75, 3.05) is 6.54 Å². The molecule has 1 aromatic heterocycles. The highest BCUT2D eigenvalue weighted by Gasteiger charge is 1.97. The Bertz CT molecular complexity index is 203. The summed E-state index contributed by atoms with van der Waals surface area (Å²) in [6.45, 7) is 4.50. The Kier molecular flexibility index (Phi) is 2.59. The van der Waals surface area contributed by atoms with E-state index in [0.29, 0.717) is 6.54 Å². The van der Waals surface area contributed by atoms with Crippen molar-refractivity contribution in [3.63, 3.8) is 0 Å². The highest BCUT2D eigenvalue weighted by molar-refractivity contribution is 7.07. The number of rotatable bonds is 3. The molecule has 0 amide bonds. The molecule has 10 heavy (non-hydrogen) atoms. The summed E-state index contributed by atoms with van der Waals surface area (Å²) in [7, 11) is 0. The van der Waals surface area contributed by atoms with Gasteiger partial charge in [0.2, 0.25) is 0 Å². The number of hydrogen-bond acceptors (Lipinski definition) is 3. The van der Waals surface area contributed by atoms with Crippen LogP contribution < -0.4 is 5.73 Å². The lowest BCUT2D eigenvalue weighted by Crippen LogP contribution is -1.99. The first-order valence-electron chi connectivity index (χ1n) is 3.11. The smallest absolute Gasteiger partial charge is 0.0798 e. The second-order valence-electron chi connectivity index (χ2n) is 2.02. The van der Waals surface area contributed by atoms with E-state index in [1.54, 1.807) is 16.8 Å². The van der Waals surface area contributed by atoms with Crippen LogP contribution in [0.4, 0.5) is 0 Å². The van der Waals surface area contributed by atoms with Crippen LogP contribution in [-0.4, -0.2) is 11.5 Å². The van der Waals surface area contributed by atoms with E-state index in [1.165, 1.54) is 0 Å². The normalized spacial score (nSPS) is 9.70. The summed E-state index contributed by atoms with van der Waals surface area (Å²) in [6.07, 6.45) is 0.837. The quantitative estimate of drug-likeness (QED) is 0.716. The van der Waals surface area contributed by atoms with Crippen LogP contribution in [0.1, 0.15) is 12.1 Å². The lowest BCUT2D eigenvalue weighted by Gasteiger charge is -1.96. The fourth-order valence-electron chi connectivity index (χ4n) is 0.689. The Balaban J connectivity index is 2.59. The largest absolute Gasteiger partial charge is 0.330 e. The van der Waals surface area contributed by atoms with E-state index in [4.69, 9.17) is 5.73 Å². The molecule has 0 radical (unpaired) electrons. The van der Waals surface area contributed by atoms with Gasteiger partial charge in [0.1, 0.15) is 0 Å². The van der Waals surface area contributed by atoms with Crippen LogP contribution in [-0.2, 0) is 0 Å². The Hall–Kier alpha value is -0.670. The topological polar surface area (TPSA) is 38.9 Å². The zero-order valence-electron chi connectivity index (χ0n) is 5.71. The molecule has 0 fully saturated rings. The number of aromatic nitrogens is 1. The molecule has 0 unspecified atom stereocenters. The molecule has 1 heterocycles. The molecule has 0 aromatic carbocycles. The van der Waals surface area contributed by atoms with Gasteiger partial charge < -0.3 is 5.73 Å². The molecule has 0 saturated carbocycles. The van der Waals surface area contributed by atoms with E-state index in [1.807, 2.05) is 5.38 Å². The molecule has 0 bridgehead atoms. The van der Waals surface area contributed by atoms with Gasteiger partial charge in [-0.25, -0.2) is 4.98 Å². The molecule has 0 spiro atoms. The highest BCUT2D eigenvalue weighted by Crippen LogP contribution is 2.14. The van der Waals surface area contributed by atoms with Gasteiger partial charge >= 0.3 is 0 Å². The molecule has 0 aliphatic rings. The van der Waals surface area contributed by atoms with E-state index < -0.39 is 0 Å². The van der Waals surface area contributed by atoms with Crippen LogP contribution in [0.3, 0.4) is 0 Å². The first kappa shape index (κ1) is 7.44. The fourth-order valence-corrected chi connectivity index (χ4v) is 1.28. The van der Waals surface area contributed by atoms with E-state index in [2.05, 4.69) is 11.6 Å². The van der Waals surface area contributed by atoms with Crippen molar-refractivity contribution >= 4 is 16.9 Å². The third-order valence-corrected chi connectivity index (χ3v) is 1.83.